The third-order valence-corrected chi connectivity index (χ3v) is 3.91. The molecule has 0 aliphatic carbocycles. The smallest absolute Gasteiger partial charge is 0.416 e. The van der Waals surface area contributed by atoms with Crippen LogP contribution in [0.1, 0.15) is 10.6 Å². The van der Waals surface area contributed by atoms with Crippen molar-refractivity contribution in [1.29, 1.82) is 0 Å². The minimum Gasteiger partial charge on any atom is -0.466 e. The average Bonchev–Trinajstić information content (AvgIpc) is 2.86. The summed E-state index contributed by atoms with van der Waals surface area (Å²) >= 11 is 1.33. The Morgan fingerprint density at radius 3 is 2.91 bits per heavy atom. The van der Waals surface area contributed by atoms with Crippen LogP contribution in [0.15, 0.2) is 18.2 Å². The highest BCUT2D eigenvalue weighted by atomic mass is 32.1. The number of aromatic nitrogens is 1. The second-order valence-corrected chi connectivity index (χ2v) is 5.63. The summed E-state index contributed by atoms with van der Waals surface area (Å²) in [6, 6.07) is 3.54. The number of carbonyl (C=O) groups is 1. The number of fused-ring (bicyclic) bond motifs is 1. The zero-order chi connectivity index (χ0) is 16.2. The number of nitrogens with one attached hydrogen (secondary N) is 1. The summed E-state index contributed by atoms with van der Waals surface area (Å²) in [5.74, 6) is 0. The summed E-state index contributed by atoms with van der Waals surface area (Å²) in [6.45, 7) is 1.50. The summed E-state index contributed by atoms with van der Waals surface area (Å²) < 4.78 is 43.2. The molecule has 1 heterocycles. The van der Waals surface area contributed by atoms with Crippen molar-refractivity contribution >= 4 is 28.0 Å². The quantitative estimate of drug-likeness (QED) is 0.479. The molecule has 0 amide bonds. The Kier molecular flexibility index (Phi) is 5.33. The highest BCUT2D eigenvalue weighted by Gasteiger charge is 2.30. The van der Waals surface area contributed by atoms with Crippen molar-refractivity contribution in [2.75, 3.05) is 20.2 Å². The van der Waals surface area contributed by atoms with E-state index in [9.17, 15) is 18.0 Å². The lowest BCUT2D eigenvalue weighted by Crippen LogP contribution is -2.36. The molecule has 120 valence electrons. The van der Waals surface area contributed by atoms with Crippen LogP contribution < -0.4 is 5.43 Å². The van der Waals surface area contributed by atoms with Gasteiger partial charge in [-0.2, -0.15) is 13.2 Å². The van der Waals surface area contributed by atoms with Crippen molar-refractivity contribution in [1.82, 2.24) is 15.4 Å². The molecule has 5 nitrogen and oxygen atoms in total. The van der Waals surface area contributed by atoms with Crippen LogP contribution in [-0.4, -0.2) is 36.7 Å². The third-order valence-electron chi connectivity index (χ3n) is 2.87. The van der Waals surface area contributed by atoms with Gasteiger partial charge in [0.15, 0.2) is 0 Å². The minimum absolute atomic E-state index is 0.252. The number of ether oxygens (including phenoxy) is 1. The van der Waals surface area contributed by atoms with Crippen LogP contribution in [0, 0.1) is 0 Å². The van der Waals surface area contributed by atoms with E-state index in [4.69, 9.17) is 0 Å². The predicted octanol–water partition coefficient (Wildman–Crippen LogP) is 2.42. The number of benzene rings is 1. The Morgan fingerprint density at radius 1 is 1.45 bits per heavy atom. The number of carbonyl (C=O) groups excluding carboxylic acids is 1. The SMILES string of the molecule is CN(CCOC=O)NCc1nc2cc(C(F)(F)F)ccc2s1. The van der Waals surface area contributed by atoms with Gasteiger partial charge in [-0.05, 0) is 18.2 Å². The first-order chi connectivity index (χ1) is 10.4. The van der Waals surface area contributed by atoms with Crippen molar-refractivity contribution in [2.24, 2.45) is 0 Å². The van der Waals surface area contributed by atoms with E-state index in [1.54, 1.807) is 12.1 Å². The van der Waals surface area contributed by atoms with Gasteiger partial charge in [0.25, 0.3) is 6.47 Å². The van der Waals surface area contributed by atoms with Crippen molar-refractivity contribution in [2.45, 2.75) is 12.7 Å². The van der Waals surface area contributed by atoms with E-state index in [2.05, 4.69) is 15.1 Å². The minimum atomic E-state index is -4.37. The number of halogens is 3. The van der Waals surface area contributed by atoms with Crippen LogP contribution in [0.5, 0.6) is 0 Å². The molecule has 1 aromatic heterocycles. The lowest BCUT2D eigenvalue weighted by Gasteiger charge is -2.16. The van der Waals surface area contributed by atoms with Crippen LogP contribution in [-0.2, 0) is 22.3 Å². The van der Waals surface area contributed by atoms with Gasteiger partial charge in [0.2, 0.25) is 0 Å². The molecule has 0 saturated heterocycles. The van der Waals surface area contributed by atoms with Gasteiger partial charge in [-0.1, -0.05) is 0 Å². The molecule has 0 unspecified atom stereocenters. The molecule has 0 atom stereocenters. The maximum Gasteiger partial charge on any atom is 0.416 e. The Labute approximate surface area is 128 Å². The van der Waals surface area contributed by atoms with Crippen molar-refractivity contribution in [3.05, 3.63) is 28.8 Å². The van der Waals surface area contributed by atoms with E-state index in [-0.39, 0.29) is 6.61 Å². The molecule has 1 aromatic carbocycles. The molecule has 0 aliphatic heterocycles. The van der Waals surface area contributed by atoms with Gasteiger partial charge in [0.1, 0.15) is 11.6 Å². The molecule has 1 N–H and O–H groups in total. The fraction of sp³-hybridized carbons (Fsp3) is 0.385. The van der Waals surface area contributed by atoms with Gasteiger partial charge in [0.05, 0.1) is 22.3 Å². The van der Waals surface area contributed by atoms with E-state index in [0.717, 1.165) is 12.1 Å². The third kappa shape index (κ3) is 4.39. The standard InChI is InChI=1S/C13H14F3N3O2S/c1-19(4-5-21-8-20)17-7-12-18-10-6-9(13(14,15)16)2-3-11(10)22-12/h2-3,6,8,17H,4-5,7H2,1H3. The van der Waals surface area contributed by atoms with Gasteiger partial charge in [0, 0.05) is 13.6 Å². The fourth-order valence-electron chi connectivity index (χ4n) is 1.75. The van der Waals surface area contributed by atoms with Crippen LogP contribution in [0.4, 0.5) is 13.2 Å². The number of thiazole rings is 1. The highest BCUT2D eigenvalue weighted by molar-refractivity contribution is 7.18. The second-order valence-electron chi connectivity index (χ2n) is 4.51. The molecule has 2 aromatic rings. The number of alkyl halides is 3. The van der Waals surface area contributed by atoms with Crippen LogP contribution in [0.3, 0.4) is 0 Å². The summed E-state index contributed by atoms with van der Waals surface area (Å²) in [5, 5.41) is 2.40. The molecular weight excluding hydrogens is 319 g/mol. The molecule has 0 spiro atoms. The zero-order valence-electron chi connectivity index (χ0n) is 11.7. The maximum atomic E-state index is 12.6. The first-order valence-electron chi connectivity index (χ1n) is 6.36. The Bertz CT molecular complexity index is 645. The monoisotopic (exact) mass is 333 g/mol. The maximum absolute atomic E-state index is 12.6. The van der Waals surface area contributed by atoms with Gasteiger partial charge in [-0.15, -0.1) is 11.3 Å². The number of hydrogen-bond acceptors (Lipinski definition) is 6. The summed E-state index contributed by atoms with van der Waals surface area (Å²) in [6.07, 6.45) is -4.37. The summed E-state index contributed by atoms with van der Waals surface area (Å²) in [5.41, 5.74) is 2.66. The van der Waals surface area contributed by atoms with Gasteiger partial charge >= 0.3 is 6.18 Å². The fourth-order valence-corrected chi connectivity index (χ4v) is 2.63. The lowest BCUT2D eigenvalue weighted by atomic mass is 10.2. The van der Waals surface area contributed by atoms with E-state index < -0.39 is 11.7 Å². The number of hydrazine groups is 1. The summed E-state index contributed by atoms with van der Waals surface area (Å²) in [7, 11) is 1.77. The topological polar surface area (TPSA) is 54.5 Å². The molecule has 22 heavy (non-hydrogen) atoms. The molecule has 0 fully saturated rings. The van der Waals surface area contributed by atoms with Crippen molar-refractivity contribution < 1.29 is 22.7 Å². The van der Waals surface area contributed by atoms with Crippen LogP contribution in [0.2, 0.25) is 0 Å². The van der Waals surface area contributed by atoms with E-state index in [0.29, 0.717) is 34.8 Å². The number of likely N-dealkylation sites (N-methyl/N-ethyl adjacent to an activating group) is 1. The van der Waals surface area contributed by atoms with E-state index in [1.165, 1.54) is 17.4 Å². The number of nitrogens with zero attached hydrogens (tertiary/aromatic N) is 2. The molecular formula is C13H14F3N3O2S. The lowest BCUT2D eigenvalue weighted by molar-refractivity contribution is -0.137. The first kappa shape index (κ1) is 16.7. The average molecular weight is 333 g/mol. The molecule has 0 bridgehead atoms. The molecule has 0 aliphatic rings. The largest absolute Gasteiger partial charge is 0.466 e. The predicted molar refractivity (Wildman–Crippen MR) is 76.1 cm³/mol. The van der Waals surface area contributed by atoms with Crippen molar-refractivity contribution in [3.63, 3.8) is 0 Å². The van der Waals surface area contributed by atoms with E-state index >= 15 is 0 Å². The molecule has 0 radical (unpaired) electrons. The van der Waals surface area contributed by atoms with Gasteiger partial charge < -0.3 is 4.74 Å². The Hall–Kier alpha value is -1.71. The Balaban J connectivity index is 1.99. The number of rotatable bonds is 7. The van der Waals surface area contributed by atoms with Gasteiger partial charge in [-0.25, -0.2) is 15.4 Å². The normalized spacial score (nSPS) is 12.0. The van der Waals surface area contributed by atoms with E-state index in [1.807, 2.05) is 0 Å². The van der Waals surface area contributed by atoms with Crippen LogP contribution >= 0.6 is 11.3 Å². The van der Waals surface area contributed by atoms with Gasteiger partial charge in [-0.3, -0.25) is 4.79 Å². The Morgan fingerprint density at radius 2 is 2.23 bits per heavy atom. The summed E-state index contributed by atoms with van der Waals surface area (Å²) in [4.78, 5) is 14.2. The van der Waals surface area contributed by atoms with Crippen LogP contribution in [0.25, 0.3) is 10.2 Å². The number of hydrogen-bond donors (Lipinski definition) is 1. The van der Waals surface area contributed by atoms with Crippen molar-refractivity contribution in [3.8, 4) is 0 Å². The highest BCUT2D eigenvalue weighted by Crippen LogP contribution is 2.32. The first-order valence-corrected chi connectivity index (χ1v) is 7.18. The molecule has 0 saturated carbocycles. The molecule has 2 rings (SSSR count). The molecule has 9 heteroatoms. The zero-order valence-corrected chi connectivity index (χ0v) is 12.5. The second kappa shape index (κ2) is 7.03.